The van der Waals surface area contributed by atoms with Gasteiger partial charge in [0.05, 0.1) is 22.2 Å². The SMILES string of the molecule is CCOc1cc(/C=C2\SC(=S)N(c3ccc(Br)c(Cl)c3)C2=O)ccc1OCC(=O)N1CCCC1. The summed E-state index contributed by atoms with van der Waals surface area (Å²) >= 11 is 16.2. The summed E-state index contributed by atoms with van der Waals surface area (Å²) in [6.45, 7) is 3.84. The van der Waals surface area contributed by atoms with Crippen LogP contribution in [0.25, 0.3) is 6.08 Å². The average Bonchev–Trinajstić information content (AvgIpc) is 3.44. The molecule has 4 rings (SSSR count). The molecule has 0 spiro atoms. The molecule has 2 fully saturated rings. The Labute approximate surface area is 221 Å². The molecule has 6 nitrogen and oxygen atoms in total. The predicted molar refractivity (Wildman–Crippen MR) is 144 cm³/mol. The fourth-order valence-electron chi connectivity index (χ4n) is 3.67. The Balaban J connectivity index is 1.52. The van der Waals surface area contributed by atoms with Crippen molar-refractivity contribution >= 4 is 79.4 Å². The molecule has 0 bridgehead atoms. The van der Waals surface area contributed by atoms with Crippen LogP contribution in [-0.4, -0.2) is 47.3 Å². The number of carbonyl (C=O) groups is 2. The number of likely N-dealkylation sites (tertiary alicyclic amines) is 1. The first-order chi connectivity index (χ1) is 16.4. The lowest BCUT2D eigenvalue weighted by Gasteiger charge is -2.17. The maximum absolute atomic E-state index is 13.1. The maximum Gasteiger partial charge on any atom is 0.270 e. The number of ether oxygens (including phenoxy) is 2. The Kier molecular flexibility index (Phi) is 8.18. The number of amides is 2. The van der Waals surface area contributed by atoms with Gasteiger partial charge >= 0.3 is 0 Å². The van der Waals surface area contributed by atoms with Crippen molar-refractivity contribution in [2.45, 2.75) is 19.8 Å². The minimum Gasteiger partial charge on any atom is -0.490 e. The fraction of sp³-hybridized carbons (Fsp3) is 0.292. The number of carbonyl (C=O) groups excluding carboxylic acids is 2. The molecule has 0 atom stereocenters. The van der Waals surface area contributed by atoms with Gasteiger partial charge in [0.15, 0.2) is 22.4 Å². The van der Waals surface area contributed by atoms with Gasteiger partial charge in [-0.1, -0.05) is 41.6 Å². The van der Waals surface area contributed by atoms with E-state index in [4.69, 9.17) is 33.3 Å². The summed E-state index contributed by atoms with van der Waals surface area (Å²) in [5.74, 6) is 0.757. The molecule has 2 heterocycles. The van der Waals surface area contributed by atoms with E-state index < -0.39 is 0 Å². The lowest BCUT2D eigenvalue weighted by Crippen LogP contribution is -2.32. The summed E-state index contributed by atoms with van der Waals surface area (Å²) in [7, 11) is 0. The number of anilines is 1. The van der Waals surface area contributed by atoms with E-state index in [-0.39, 0.29) is 18.4 Å². The van der Waals surface area contributed by atoms with Gasteiger partial charge in [-0.25, -0.2) is 0 Å². The van der Waals surface area contributed by atoms with Gasteiger partial charge in [0.1, 0.15) is 0 Å². The quantitative estimate of drug-likeness (QED) is 0.299. The number of thioether (sulfide) groups is 1. The average molecular weight is 582 g/mol. The molecule has 34 heavy (non-hydrogen) atoms. The molecule has 2 aliphatic rings. The molecule has 178 valence electrons. The third kappa shape index (κ3) is 5.59. The molecule has 2 saturated heterocycles. The molecule has 2 aromatic rings. The minimum absolute atomic E-state index is 0.0271. The molecule has 2 aromatic carbocycles. The smallest absolute Gasteiger partial charge is 0.270 e. The monoisotopic (exact) mass is 580 g/mol. The Morgan fingerprint density at radius 2 is 1.94 bits per heavy atom. The zero-order chi connectivity index (χ0) is 24.2. The Hall–Kier alpha value is -2.07. The number of thiocarbonyl (C=S) groups is 1. The number of benzene rings is 2. The van der Waals surface area contributed by atoms with Crippen LogP contribution >= 0.6 is 51.5 Å². The highest BCUT2D eigenvalue weighted by Gasteiger charge is 2.33. The molecular weight excluding hydrogens is 560 g/mol. The van der Waals surface area contributed by atoms with Gasteiger partial charge in [-0.15, -0.1) is 0 Å². The van der Waals surface area contributed by atoms with Crippen molar-refractivity contribution < 1.29 is 19.1 Å². The van der Waals surface area contributed by atoms with Crippen LogP contribution in [0.1, 0.15) is 25.3 Å². The van der Waals surface area contributed by atoms with Gasteiger partial charge in [-0.3, -0.25) is 14.5 Å². The van der Waals surface area contributed by atoms with Gasteiger partial charge < -0.3 is 14.4 Å². The van der Waals surface area contributed by atoms with Gasteiger partial charge in [-0.05, 0) is 77.7 Å². The normalized spacial score (nSPS) is 17.1. The largest absolute Gasteiger partial charge is 0.490 e. The molecule has 0 saturated carbocycles. The first-order valence-electron chi connectivity index (χ1n) is 10.8. The summed E-state index contributed by atoms with van der Waals surface area (Å²) in [5.41, 5.74) is 1.37. The number of halogens is 2. The van der Waals surface area contributed by atoms with Crippen LogP contribution in [0.3, 0.4) is 0 Å². The van der Waals surface area contributed by atoms with E-state index in [1.807, 2.05) is 17.9 Å². The Morgan fingerprint density at radius 1 is 1.18 bits per heavy atom. The summed E-state index contributed by atoms with van der Waals surface area (Å²) in [6.07, 6.45) is 3.83. The molecule has 2 aliphatic heterocycles. The third-order valence-electron chi connectivity index (χ3n) is 5.33. The van der Waals surface area contributed by atoms with Gasteiger partial charge in [0.2, 0.25) is 0 Å². The molecule has 0 aliphatic carbocycles. The van der Waals surface area contributed by atoms with E-state index in [1.54, 1.807) is 36.4 Å². The second-order valence-electron chi connectivity index (χ2n) is 7.63. The third-order valence-corrected chi connectivity index (χ3v) is 7.87. The predicted octanol–water partition coefficient (Wildman–Crippen LogP) is 5.91. The molecule has 2 amide bonds. The van der Waals surface area contributed by atoms with Gasteiger partial charge in [0.25, 0.3) is 11.8 Å². The van der Waals surface area contributed by atoms with Crippen LogP contribution in [0.2, 0.25) is 5.02 Å². The van der Waals surface area contributed by atoms with Crippen molar-refractivity contribution in [2.75, 3.05) is 31.2 Å². The van der Waals surface area contributed by atoms with E-state index in [0.717, 1.165) is 36.0 Å². The summed E-state index contributed by atoms with van der Waals surface area (Å²) in [5, 5.41) is 0.496. The minimum atomic E-state index is -0.220. The van der Waals surface area contributed by atoms with E-state index in [9.17, 15) is 9.59 Å². The van der Waals surface area contributed by atoms with Crippen LogP contribution in [0.4, 0.5) is 5.69 Å². The van der Waals surface area contributed by atoms with Crippen molar-refractivity contribution in [1.82, 2.24) is 4.90 Å². The Bertz CT molecular complexity index is 1170. The lowest BCUT2D eigenvalue weighted by molar-refractivity contribution is -0.132. The van der Waals surface area contributed by atoms with Gasteiger partial charge in [0, 0.05) is 17.6 Å². The van der Waals surface area contributed by atoms with E-state index in [1.165, 1.54) is 16.7 Å². The van der Waals surface area contributed by atoms with Crippen LogP contribution in [0.15, 0.2) is 45.8 Å². The van der Waals surface area contributed by atoms with Crippen molar-refractivity contribution in [3.8, 4) is 11.5 Å². The molecule has 10 heteroatoms. The van der Waals surface area contributed by atoms with Crippen molar-refractivity contribution in [3.63, 3.8) is 0 Å². The van der Waals surface area contributed by atoms with Crippen LogP contribution < -0.4 is 14.4 Å². The van der Waals surface area contributed by atoms with Crippen molar-refractivity contribution in [2.24, 2.45) is 0 Å². The van der Waals surface area contributed by atoms with Crippen LogP contribution in [-0.2, 0) is 9.59 Å². The van der Waals surface area contributed by atoms with E-state index >= 15 is 0 Å². The van der Waals surface area contributed by atoms with Crippen LogP contribution in [0, 0.1) is 0 Å². The number of hydrogen-bond donors (Lipinski definition) is 0. The molecule has 0 N–H and O–H groups in total. The zero-order valence-electron chi connectivity index (χ0n) is 18.4. The standard InChI is InChI=1S/C24H22BrClN2O4S2/c1-2-31-20-11-15(5-8-19(20)32-14-22(29)27-9-3-4-10-27)12-21-23(30)28(24(33)34-21)16-6-7-17(25)18(26)13-16/h5-8,11-13H,2-4,9-10,14H2,1H3/b21-12-. The molecule has 0 radical (unpaired) electrons. The van der Waals surface area contributed by atoms with Crippen molar-refractivity contribution in [3.05, 3.63) is 56.4 Å². The topological polar surface area (TPSA) is 59.1 Å². The molecule has 0 aromatic heterocycles. The second kappa shape index (κ2) is 11.1. The summed E-state index contributed by atoms with van der Waals surface area (Å²) in [4.78, 5) is 29.2. The van der Waals surface area contributed by atoms with Crippen LogP contribution in [0.5, 0.6) is 11.5 Å². The lowest BCUT2D eigenvalue weighted by atomic mass is 10.1. The first kappa shape index (κ1) is 25.0. The van der Waals surface area contributed by atoms with E-state index in [0.29, 0.717) is 38.0 Å². The highest BCUT2D eigenvalue weighted by molar-refractivity contribution is 9.10. The fourth-order valence-corrected chi connectivity index (χ4v) is 5.39. The number of nitrogens with zero attached hydrogens (tertiary/aromatic N) is 2. The first-order valence-corrected chi connectivity index (χ1v) is 13.2. The molecule has 0 unspecified atom stereocenters. The summed E-state index contributed by atoms with van der Waals surface area (Å²) < 4.78 is 12.7. The Morgan fingerprint density at radius 3 is 2.65 bits per heavy atom. The molecular formula is C24H22BrClN2O4S2. The number of hydrogen-bond acceptors (Lipinski definition) is 6. The van der Waals surface area contributed by atoms with Gasteiger partial charge in [-0.2, -0.15) is 0 Å². The van der Waals surface area contributed by atoms with E-state index in [2.05, 4.69) is 15.9 Å². The highest BCUT2D eigenvalue weighted by Crippen LogP contribution is 2.39. The zero-order valence-corrected chi connectivity index (χ0v) is 22.4. The second-order valence-corrected chi connectivity index (χ2v) is 10.6. The number of rotatable bonds is 7. The highest BCUT2D eigenvalue weighted by atomic mass is 79.9. The maximum atomic E-state index is 13.1. The summed E-state index contributed by atoms with van der Waals surface area (Å²) in [6, 6.07) is 10.6. The van der Waals surface area contributed by atoms with Crippen molar-refractivity contribution in [1.29, 1.82) is 0 Å².